The molecule has 0 heterocycles. The van der Waals surface area contributed by atoms with Gasteiger partial charge in [0.1, 0.15) is 11.6 Å². The highest BCUT2D eigenvalue weighted by Crippen LogP contribution is 2.15. The first-order chi connectivity index (χ1) is 19.2. The van der Waals surface area contributed by atoms with Crippen molar-refractivity contribution in [2.75, 3.05) is 13.2 Å². The molecule has 3 rings (SSSR count). The molecule has 6 nitrogen and oxygen atoms in total. The molecule has 0 saturated carbocycles. The van der Waals surface area contributed by atoms with Crippen LogP contribution in [0.2, 0.25) is 0 Å². The third kappa shape index (κ3) is 10.5. The second-order valence-electron chi connectivity index (χ2n) is 10.1. The molecule has 0 aliphatic heterocycles. The Bertz CT molecular complexity index is 1240. The summed E-state index contributed by atoms with van der Waals surface area (Å²) < 4.78 is 28.9. The third-order valence-electron chi connectivity index (χ3n) is 6.70. The van der Waals surface area contributed by atoms with Gasteiger partial charge < -0.3 is 26.2 Å². The molecule has 1 amide bonds. The van der Waals surface area contributed by atoms with E-state index in [0.717, 1.165) is 32.7 Å². The lowest BCUT2D eigenvalue weighted by atomic mass is 9.99. The van der Waals surface area contributed by atoms with E-state index in [9.17, 15) is 23.8 Å². The summed E-state index contributed by atoms with van der Waals surface area (Å²) in [7, 11) is 0. The molecule has 3 aromatic rings. The van der Waals surface area contributed by atoms with E-state index >= 15 is 0 Å². The molecule has 0 fully saturated rings. The monoisotopic (exact) mass is 665 g/mol. The Morgan fingerprint density at radius 3 is 2.40 bits per heavy atom. The molecule has 5 N–H and O–H groups in total. The van der Waals surface area contributed by atoms with Crippen molar-refractivity contribution in [3.05, 3.63) is 104 Å². The molecule has 3 atom stereocenters. The number of aliphatic hydroxyl groups is 2. The lowest BCUT2D eigenvalue weighted by molar-refractivity contribution is 0.0829. The summed E-state index contributed by atoms with van der Waals surface area (Å²) in [6, 6.07) is 16.1. The number of hydrogen-bond donors (Lipinski definition) is 5. The van der Waals surface area contributed by atoms with E-state index in [1.807, 2.05) is 44.2 Å². The molecule has 1 unspecified atom stereocenters. The summed E-state index contributed by atoms with van der Waals surface area (Å²) in [5.41, 5.74) is 3.65. The van der Waals surface area contributed by atoms with Gasteiger partial charge in [-0.2, -0.15) is 0 Å². The van der Waals surface area contributed by atoms with Crippen LogP contribution in [0, 0.1) is 22.1 Å². The molecule has 9 heteroatoms. The van der Waals surface area contributed by atoms with Crippen molar-refractivity contribution in [3.63, 3.8) is 0 Å². The molecule has 40 heavy (non-hydrogen) atoms. The van der Waals surface area contributed by atoms with Gasteiger partial charge in [-0.05, 0) is 102 Å². The number of nitrogens with one attached hydrogen (secondary N) is 3. The van der Waals surface area contributed by atoms with Crippen molar-refractivity contribution in [2.45, 2.75) is 64.4 Å². The van der Waals surface area contributed by atoms with Gasteiger partial charge in [-0.25, -0.2) is 8.78 Å². The van der Waals surface area contributed by atoms with Gasteiger partial charge in [-0.3, -0.25) is 4.79 Å². The molecule has 0 aliphatic rings. The van der Waals surface area contributed by atoms with Crippen molar-refractivity contribution in [1.82, 2.24) is 16.0 Å². The summed E-state index contributed by atoms with van der Waals surface area (Å²) >= 11 is 2.24. The van der Waals surface area contributed by atoms with E-state index < -0.39 is 23.8 Å². The zero-order valence-electron chi connectivity index (χ0n) is 22.9. The highest BCUT2D eigenvalue weighted by Gasteiger charge is 2.23. The summed E-state index contributed by atoms with van der Waals surface area (Å²) in [5, 5.41) is 29.9. The van der Waals surface area contributed by atoms with E-state index in [2.05, 4.69) is 38.5 Å². The number of hydrogen-bond acceptors (Lipinski definition) is 5. The van der Waals surface area contributed by atoms with Gasteiger partial charge in [-0.1, -0.05) is 30.7 Å². The zero-order chi connectivity index (χ0) is 29.1. The van der Waals surface area contributed by atoms with Crippen molar-refractivity contribution >= 4 is 28.5 Å². The second-order valence-corrected chi connectivity index (χ2v) is 11.3. The normalized spacial score (nSPS) is 13.6. The molecular formula is C31H38F2IN3O3. The smallest absolute Gasteiger partial charge is 0.251 e. The molecule has 216 valence electrons. The Morgan fingerprint density at radius 1 is 0.975 bits per heavy atom. The van der Waals surface area contributed by atoms with Crippen LogP contribution in [0.25, 0.3) is 0 Å². The van der Waals surface area contributed by atoms with Crippen LogP contribution in [-0.2, 0) is 19.5 Å². The number of aliphatic hydroxyl groups excluding tert-OH is 2. The van der Waals surface area contributed by atoms with Gasteiger partial charge in [0.15, 0.2) is 0 Å². The minimum absolute atomic E-state index is 0.0477. The van der Waals surface area contributed by atoms with Crippen LogP contribution in [-0.4, -0.2) is 47.5 Å². The molecular weight excluding hydrogens is 627 g/mol. The fourth-order valence-electron chi connectivity index (χ4n) is 4.64. The molecule has 0 bridgehead atoms. The van der Waals surface area contributed by atoms with Crippen LogP contribution < -0.4 is 16.0 Å². The minimum Gasteiger partial charge on any atom is -0.396 e. The predicted molar refractivity (Wildman–Crippen MR) is 162 cm³/mol. The summed E-state index contributed by atoms with van der Waals surface area (Å²) in [5.74, 6) is -1.81. The molecule has 0 radical (unpaired) electrons. The van der Waals surface area contributed by atoms with Crippen molar-refractivity contribution < 1.29 is 23.8 Å². The lowest BCUT2D eigenvalue weighted by Gasteiger charge is -2.25. The van der Waals surface area contributed by atoms with Gasteiger partial charge in [0, 0.05) is 47.5 Å². The van der Waals surface area contributed by atoms with Crippen LogP contribution in [0.5, 0.6) is 0 Å². The molecule has 3 aromatic carbocycles. The van der Waals surface area contributed by atoms with Crippen LogP contribution in [0.4, 0.5) is 8.78 Å². The van der Waals surface area contributed by atoms with E-state index in [-0.39, 0.29) is 31.5 Å². The van der Waals surface area contributed by atoms with Crippen molar-refractivity contribution in [2.24, 2.45) is 0 Å². The van der Waals surface area contributed by atoms with Crippen LogP contribution >= 0.6 is 22.6 Å². The maximum absolute atomic E-state index is 13.9. The van der Waals surface area contributed by atoms with Gasteiger partial charge in [0.05, 0.1) is 12.1 Å². The Hall–Kier alpha value is -2.44. The maximum Gasteiger partial charge on any atom is 0.251 e. The first kappa shape index (κ1) is 32.1. The number of aryl methyl sites for hydroxylation is 1. The van der Waals surface area contributed by atoms with Gasteiger partial charge in [-0.15, -0.1) is 0 Å². The lowest BCUT2D eigenvalue weighted by Crippen LogP contribution is -2.48. The molecule has 0 saturated heterocycles. The molecule has 0 aliphatic carbocycles. The van der Waals surface area contributed by atoms with Crippen molar-refractivity contribution in [1.29, 1.82) is 0 Å². The topological polar surface area (TPSA) is 93.6 Å². The number of carbonyl (C=O) groups is 1. The van der Waals surface area contributed by atoms with E-state index in [1.54, 1.807) is 12.1 Å². The van der Waals surface area contributed by atoms with E-state index in [0.29, 0.717) is 30.6 Å². The Balaban J connectivity index is 1.74. The first-order valence-electron chi connectivity index (χ1n) is 13.5. The zero-order valence-corrected chi connectivity index (χ0v) is 25.0. The van der Waals surface area contributed by atoms with Crippen LogP contribution in [0.15, 0.2) is 60.7 Å². The minimum atomic E-state index is -1.02. The van der Waals surface area contributed by atoms with Gasteiger partial charge >= 0.3 is 0 Å². The van der Waals surface area contributed by atoms with Crippen LogP contribution in [0.3, 0.4) is 0 Å². The highest BCUT2D eigenvalue weighted by molar-refractivity contribution is 14.1. The third-order valence-corrected chi connectivity index (χ3v) is 7.37. The maximum atomic E-state index is 13.9. The Morgan fingerprint density at radius 2 is 1.73 bits per heavy atom. The number of halogens is 3. The van der Waals surface area contributed by atoms with Gasteiger partial charge in [0.2, 0.25) is 0 Å². The summed E-state index contributed by atoms with van der Waals surface area (Å²) in [4.78, 5) is 13.4. The average molecular weight is 666 g/mol. The standard InChI is InChI=1S/C31H38F2IN3O3/c1-3-28(7-8-38)36-18-23-9-20(2)10-24(11-23)31(40)37-29(15-22-12-25(32)16-26(33)13-22)30(39)19-35-17-21-5-4-6-27(34)14-21/h4-6,9-14,16,28-30,35-36,38-39H,3,7-8,15,17-19H2,1-2H3,(H,37,40)/t28?,29-,30+/m0/s1. The average Bonchev–Trinajstić information content (AvgIpc) is 2.89. The Labute approximate surface area is 248 Å². The Kier molecular flexibility index (Phi) is 12.9. The number of rotatable bonds is 15. The van der Waals surface area contributed by atoms with Crippen LogP contribution in [0.1, 0.15) is 52.4 Å². The predicted octanol–water partition coefficient (Wildman–Crippen LogP) is 4.62. The highest BCUT2D eigenvalue weighted by atomic mass is 127. The van der Waals surface area contributed by atoms with Gasteiger partial charge in [0.25, 0.3) is 5.91 Å². The largest absolute Gasteiger partial charge is 0.396 e. The van der Waals surface area contributed by atoms with E-state index in [4.69, 9.17) is 0 Å². The summed E-state index contributed by atoms with van der Waals surface area (Å²) in [6.07, 6.45) is 0.546. The molecule has 0 spiro atoms. The molecule has 0 aromatic heterocycles. The quantitative estimate of drug-likeness (QED) is 0.153. The SMILES string of the molecule is CCC(CCO)NCc1cc(C)cc(C(=O)N[C@@H](Cc2cc(F)cc(F)c2)[C@H](O)CNCc2cccc(I)c2)c1. The van der Waals surface area contributed by atoms with Crippen molar-refractivity contribution in [3.8, 4) is 0 Å². The second kappa shape index (κ2) is 16.1. The first-order valence-corrected chi connectivity index (χ1v) is 14.6. The fourth-order valence-corrected chi connectivity index (χ4v) is 5.24. The van der Waals surface area contributed by atoms with E-state index in [1.165, 1.54) is 12.1 Å². The fraction of sp³-hybridized carbons (Fsp3) is 0.387. The summed E-state index contributed by atoms with van der Waals surface area (Å²) in [6.45, 7) is 5.28. The number of amides is 1. The number of benzene rings is 3. The number of carbonyl (C=O) groups excluding carboxylic acids is 1.